The number of anilines is 1. The van der Waals surface area contributed by atoms with Gasteiger partial charge >= 0.3 is 6.03 Å². The number of carbonyl (C=O) groups excluding carboxylic acids is 3. The first kappa shape index (κ1) is 17.7. The smallest absolute Gasteiger partial charge is 0.329 e. The lowest BCUT2D eigenvalue weighted by Crippen LogP contribution is -2.36. The molecule has 0 unspecified atom stereocenters. The average Bonchev–Trinajstić information content (AvgIpc) is 2.99. The van der Waals surface area contributed by atoms with Crippen molar-refractivity contribution in [1.82, 2.24) is 15.6 Å². The molecule has 4 amide bonds. The molecule has 2 aromatic carbocycles. The number of nitrogens with zero attached hydrogens (tertiary/aromatic N) is 2. The first-order valence-electron chi connectivity index (χ1n) is 8.92. The zero-order valence-electron chi connectivity index (χ0n) is 15.0. The van der Waals surface area contributed by atoms with Crippen molar-refractivity contribution in [3.63, 3.8) is 0 Å². The van der Waals surface area contributed by atoms with Crippen molar-refractivity contribution < 1.29 is 14.4 Å². The Morgan fingerprint density at radius 2 is 1.82 bits per heavy atom. The molecule has 2 N–H and O–H groups in total. The third kappa shape index (κ3) is 3.42. The molecule has 0 aliphatic carbocycles. The molecule has 28 heavy (non-hydrogen) atoms. The summed E-state index contributed by atoms with van der Waals surface area (Å²) < 4.78 is 0. The summed E-state index contributed by atoms with van der Waals surface area (Å²) in [6.45, 7) is 0.265. The number of aromatic nitrogens is 1. The van der Waals surface area contributed by atoms with E-state index in [1.54, 1.807) is 30.5 Å². The molecule has 1 aromatic heterocycles. The minimum absolute atomic E-state index is 0.126. The summed E-state index contributed by atoms with van der Waals surface area (Å²) in [4.78, 5) is 42.7. The molecule has 0 spiro atoms. The summed E-state index contributed by atoms with van der Waals surface area (Å²) in [6, 6.07) is 17.0. The van der Waals surface area contributed by atoms with E-state index in [0.717, 1.165) is 21.4 Å². The number of urea groups is 1. The Bertz CT molecular complexity index is 1050. The van der Waals surface area contributed by atoms with Crippen LogP contribution >= 0.6 is 0 Å². The maximum atomic E-state index is 12.8. The van der Waals surface area contributed by atoms with Gasteiger partial charge in [0.2, 0.25) is 5.91 Å². The molecule has 0 bridgehead atoms. The van der Waals surface area contributed by atoms with E-state index < -0.39 is 18.0 Å². The summed E-state index contributed by atoms with van der Waals surface area (Å²) in [5.41, 5.74) is 1.23. The number of imide groups is 1. The van der Waals surface area contributed by atoms with Gasteiger partial charge in [0.05, 0.1) is 24.3 Å². The number of nitrogens with one attached hydrogen (secondary N) is 2. The second-order valence-electron chi connectivity index (χ2n) is 6.48. The molecule has 2 heterocycles. The van der Waals surface area contributed by atoms with Crippen molar-refractivity contribution >= 4 is 34.3 Å². The lowest BCUT2D eigenvalue weighted by atomic mass is 10.1. The number of carbonyl (C=O) groups is 3. The van der Waals surface area contributed by atoms with Crippen molar-refractivity contribution in [2.75, 3.05) is 4.90 Å². The van der Waals surface area contributed by atoms with Crippen LogP contribution < -0.4 is 15.5 Å². The Hall–Kier alpha value is -3.74. The molecule has 1 atom stereocenters. The fourth-order valence-corrected chi connectivity index (χ4v) is 3.25. The first-order chi connectivity index (χ1) is 13.6. The predicted molar refractivity (Wildman–Crippen MR) is 104 cm³/mol. The van der Waals surface area contributed by atoms with Gasteiger partial charge in [0.1, 0.15) is 6.04 Å². The largest absolute Gasteiger partial charge is 0.350 e. The maximum Gasteiger partial charge on any atom is 0.329 e. The van der Waals surface area contributed by atoms with E-state index >= 15 is 0 Å². The lowest BCUT2D eigenvalue weighted by molar-refractivity contribution is -0.125. The van der Waals surface area contributed by atoms with Gasteiger partial charge in [0.15, 0.2) is 0 Å². The van der Waals surface area contributed by atoms with Crippen LogP contribution in [0.2, 0.25) is 0 Å². The van der Waals surface area contributed by atoms with Crippen LogP contribution in [0.1, 0.15) is 12.1 Å². The molecule has 1 aliphatic heterocycles. The number of rotatable bonds is 5. The van der Waals surface area contributed by atoms with Crippen LogP contribution in [0, 0.1) is 0 Å². The molecule has 1 aliphatic rings. The number of fused-ring (bicyclic) bond motifs is 1. The number of hydrogen-bond donors (Lipinski definition) is 2. The normalized spacial score (nSPS) is 16.3. The van der Waals surface area contributed by atoms with Crippen LogP contribution in [0.15, 0.2) is 66.9 Å². The lowest BCUT2D eigenvalue weighted by Gasteiger charge is -2.15. The van der Waals surface area contributed by atoms with E-state index in [-0.39, 0.29) is 18.9 Å². The SMILES string of the molecule is O=C(C[C@@H]1NC(=O)N(c2cccc3ccccc23)C1=O)NCc1ccccn1. The minimum Gasteiger partial charge on any atom is -0.350 e. The highest BCUT2D eigenvalue weighted by molar-refractivity contribution is 6.24. The molecule has 1 fully saturated rings. The van der Waals surface area contributed by atoms with Crippen LogP contribution in [0.3, 0.4) is 0 Å². The summed E-state index contributed by atoms with van der Waals surface area (Å²) in [5, 5.41) is 7.06. The monoisotopic (exact) mass is 374 g/mol. The second kappa shape index (κ2) is 7.48. The van der Waals surface area contributed by atoms with E-state index in [4.69, 9.17) is 0 Å². The number of benzene rings is 2. The van der Waals surface area contributed by atoms with Gasteiger partial charge < -0.3 is 10.6 Å². The topological polar surface area (TPSA) is 91.4 Å². The molecule has 0 radical (unpaired) electrons. The van der Waals surface area contributed by atoms with Gasteiger partial charge in [-0.15, -0.1) is 0 Å². The summed E-state index contributed by atoms with van der Waals surface area (Å²) in [6.07, 6.45) is 1.52. The van der Waals surface area contributed by atoms with Gasteiger partial charge in [-0.1, -0.05) is 42.5 Å². The second-order valence-corrected chi connectivity index (χ2v) is 6.48. The quantitative estimate of drug-likeness (QED) is 0.671. The maximum absolute atomic E-state index is 12.8. The summed E-state index contributed by atoms with van der Waals surface area (Å²) in [5.74, 6) is -0.765. The Balaban J connectivity index is 1.47. The summed E-state index contributed by atoms with van der Waals surface area (Å²) >= 11 is 0. The van der Waals surface area contributed by atoms with Gasteiger partial charge in [-0.05, 0) is 23.6 Å². The van der Waals surface area contributed by atoms with Crippen molar-refractivity contribution in [2.24, 2.45) is 0 Å². The van der Waals surface area contributed by atoms with E-state index in [9.17, 15) is 14.4 Å². The number of pyridine rings is 1. The summed E-state index contributed by atoms with van der Waals surface area (Å²) in [7, 11) is 0. The number of amides is 4. The third-order valence-electron chi connectivity index (χ3n) is 4.61. The van der Waals surface area contributed by atoms with Crippen molar-refractivity contribution in [1.29, 1.82) is 0 Å². The van der Waals surface area contributed by atoms with E-state index in [2.05, 4.69) is 15.6 Å². The molecular weight excluding hydrogens is 356 g/mol. The Morgan fingerprint density at radius 1 is 1.04 bits per heavy atom. The van der Waals surface area contributed by atoms with Crippen molar-refractivity contribution in [3.05, 3.63) is 72.6 Å². The molecular formula is C21H18N4O3. The van der Waals surface area contributed by atoms with Crippen molar-refractivity contribution in [3.8, 4) is 0 Å². The zero-order chi connectivity index (χ0) is 19.5. The van der Waals surface area contributed by atoms with Gasteiger partial charge in [0, 0.05) is 11.6 Å². The van der Waals surface area contributed by atoms with Crippen LogP contribution in [0.5, 0.6) is 0 Å². The number of hydrogen-bond acceptors (Lipinski definition) is 4. The highest BCUT2D eigenvalue weighted by Gasteiger charge is 2.40. The molecule has 1 saturated heterocycles. The van der Waals surface area contributed by atoms with Crippen molar-refractivity contribution in [2.45, 2.75) is 19.0 Å². The molecule has 7 nitrogen and oxygen atoms in total. The van der Waals surface area contributed by atoms with Gasteiger partial charge in [-0.25, -0.2) is 9.69 Å². The predicted octanol–water partition coefficient (Wildman–Crippen LogP) is 2.37. The third-order valence-corrected chi connectivity index (χ3v) is 4.61. The van der Waals surface area contributed by atoms with E-state index in [0.29, 0.717) is 5.69 Å². The average molecular weight is 374 g/mol. The Labute approximate surface area is 161 Å². The Kier molecular flexibility index (Phi) is 4.72. The van der Waals surface area contributed by atoms with Gasteiger partial charge in [0.25, 0.3) is 5.91 Å². The standard InChI is InChI=1S/C21H18N4O3/c26-19(23-13-15-8-3-4-11-22-15)12-17-20(27)25(21(28)24-17)18-10-5-7-14-6-1-2-9-16(14)18/h1-11,17H,12-13H2,(H,23,26)(H,24,28)/t17-/m0/s1. The molecule has 3 aromatic rings. The Morgan fingerprint density at radius 3 is 2.64 bits per heavy atom. The highest BCUT2D eigenvalue weighted by atomic mass is 16.2. The van der Waals surface area contributed by atoms with E-state index in [1.807, 2.05) is 36.4 Å². The van der Waals surface area contributed by atoms with E-state index in [1.165, 1.54) is 0 Å². The fourth-order valence-electron chi connectivity index (χ4n) is 3.25. The van der Waals surface area contributed by atoms with Crippen LogP contribution in [0.4, 0.5) is 10.5 Å². The highest BCUT2D eigenvalue weighted by Crippen LogP contribution is 2.29. The molecule has 140 valence electrons. The zero-order valence-corrected chi connectivity index (χ0v) is 15.0. The fraction of sp³-hybridized carbons (Fsp3) is 0.143. The van der Waals surface area contributed by atoms with Gasteiger partial charge in [-0.2, -0.15) is 0 Å². The molecule has 0 saturated carbocycles. The minimum atomic E-state index is -0.893. The van der Waals surface area contributed by atoms with Crippen LogP contribution in [0.25, 0.3) is 10.8 Å². The first-order valence-corrected chi connectivity index (χ1v) is 8.92. The van der Waals surface area contributed by atoms with Crippen LogP contribution in [-0.2, 0) is 16.1 Å². The van der Waals surface area contributed by atoms with Crippen LogP contribution in [-0.4, -0.2) is 28.9 Å². The molecule has 7 heteroatoms. The molecule has 4 rings (SSSR count). The van der Waals surface area contributed by atoms with Gasteiger partial charge in [-0.3, -0.25) is 14.6 Å².